The van der Waals surface area contributed by atoms with Crippen LogP contribution >= 0.6 is 0 Å². The monoisotopic (exact) mass is 442 g/mol. The summed E-state index contributed by atoms with van der Waals surface area (Å²) in [4.78, 5) is 12.7. The van der Waals surface area contributed by atoms with Crippen LogP contribution in [-0.2, 0) is 19.1 Å². The van der Waals surface area contributed by atoms with E-state index in [0.717, 1.165) is 55.6 Å². The Morgan fingerprint density at radius 1 is 1.00 bits per heavy atom. The summed E-state index contributed by atoms with van der Waals surface area (Å²) < 4.78 is 40.6. The number of aryl methyl sites for hydroxylation is 3. The van der Waals surface area contributed by atoms with Crippen LogP contribution in [0.3, 0.4) is 0 Å². The summed E-state index contributed by atoms with van der Waals surface area (Å²) in [6, 6.07) is 14.5. The lowest BCUT2D eigenvalue weighted by atomic mass is 10.0. The highest BCUT2D eigenvalue weighted by Crippen LogP contribution is 2.31. The fourth-order valence-electron chi connectivity index (χ4n) is 3.71. The largest absolute Gasteiger partial charge is 0.416 e. The zero-order chi connectivity index (χ0) is 23.1. The van der Waals surface area contributed by atoms with Crippen LogP contribution in [0.1, 0.15) is 66.2 Å². The highest BCUT2D eigenvalue weighted by molar-refractivity contribution is 5.96. The molecule has 0 atom stereocenters. The van der Waals surface area contributed by atoms with Crippen LogP contribution in [0, 0.1) is 6.92 Å². The lowest BCUT2D eigenvalue weighted by Crippen LogP contribution is -2.08. The van der Waals surface area contributed by atoms with E-state index in [2.05, 4.69) is 12.0 Å². The van der Waals surface area contributed by atoms with Gasteiger partial charge in [0, 0.05) is 29.8 Å². The van der Waals surface area contributed by atoms with Crippen molar-refractivity contribution in [3.63, 3.8) is 0 Å². The number of carbonyl (C=O) groups is 1. The van der Waals surface area contributed by atoms with Crippen LogP contribution in [0.15, 0.2) is 54.6 Å². The fourth-order valence-corrected chi connectivity index (χ4v) is 3.71. The van der Waals surface area contributed by atoms with Crippen LogP contribution in [0.25, 0.3) is 11.3 Å². The van der Waals surface area contributed by atoms with Gasteiger partial charge in [-0.3, -0.25) is 9.48 Å². The molecule has 0 saturated heterocycles. The molecule has 0 saturated carbocycles. The SMILES string of the molecule is CCCCCCn1nc(-c2ccc(C(F)(F)F)cc2)cc1CCC(=O)c1cccc(C)c1. The van der Waals surface area contributed by atoms with Gasteiger partial charge in [0.1, 0.15) is 0 Å². The van der Waals surface area contributed by atoms with Gasteiger partial charge in [0.2, 0.25) is 0 Å². The molecule has 3 rings (SSSR count). The number of ketones is 1. The van der Waals surface area contributed by atoms with Crippen molar-refractivity contribution >= 4 is 5.78 Å². The van der Waals surface area contributed by atoms with Crippen molar-refractivity contribution in [1.82, 2.24) is 9.78 Å². The molecule has 0 N–H and O–H groups in total. The molecule has 0 aliphatic heterocycles. The number of halogens is 3. The van der Waals surface area contributed by atoms with Gasteiger partial charge in [-0.1, -0.05) is 62.1 Å². The minimum atomic E-state index is -4.36. The summed E-state index contributed by atoms with van der Waals surface area (Å²) in [5.41, 5.74) is 3.26. The van der Waals surface area contributed by atoms with Crippen molar-refractivity contribution in [2.45, 2.75) is 65.1 Å². The summed E-state index contributed by atoms with van der Waals surface area (Å²) in [6.07, 6.45) is 0.875. The predicted molar refractivity (Wildman–Crippen MR) is 121 cm³/mol. The molecule has 6 heteroatoms. The molecular formula is C26H29F3N2O. The van der Waals surface area contributed by atoms with Gasteiger partial charge in [-0.2, -0.15) is 18.3 Å². The maximum absolute atomic E-state index is 12.9. The highest BCUT2D eigenvalue weighted by atomic mass is 19.4. The number of Topliss-reactive ketones (excluding diaryl/α,β-unsaturated/α-hetero) is 1. The third kappa shape index (κ3) is 6.31. The lowest BCUT2D eigenvalue weighted by molar-refractivity contribution is -0.137. The van der Waals surface area contributed by atoms with Gasteiger partial charge in [0.25, 0.3) is 0 Å². The molecule has 0 radical (unpaired) electrons. The van der Waals surface area contributed by atoms with Gasteiger partial charge < -0.3 is 0 Å². The maximum Gasteiger partial charge on any atom is 0.416 e. The van der Waals surface area contributed by atoms with Crippen LogP contribution in [-0.4, -0.2) is 15.6 Å². The Bertz CT molecular complexity index is 1040. The molecule has 0 aliphatic carbocycles. The first kappa shape index (κ1) is 23.8. The number of rotatable bonds is 10. The summed E-state index contributed by atoms with van der Waals surface area (Å²) in [6.45, 7) is 4.84. The van der Waals surface area contributed by atoms with Gasteiger partial charge in [0.15, 0.2) is 5.78 Å². The average Bonchev–Trinajstić information content (AvgIpc) is 3.17. The minimum absolute atomic E-state index is 0.0727. The second kappa shape index (κ2) is 10.6. The molecule has 170 valence electrons. The number of unbranched alkanes of at least 4 members (excludes halogenated alkanes) is 3. The first-order valence-electron chi connectivity index (χ1n) is 11.1. The number of hydrogen-bond donors (Lipinski definition) is 0. The molecule has 1 aromatic heterocycles. The Morgan fingerprint density at radius 2 is 1.75 bits per heavy atom. The van der Waals surface area contributed by atoms with Crippen molar-refractivity contribution in [2.24, 2.45) is 0 Å². The van der Waals surface area contributed by atoms with E-state index in [1.807, 2.05) is 41.9 Å². The van der Waals surface area contributed by atoms with Crippen LogP contribution in [0.4, 0.5) is 13.2 Å². The molecule has 0 fully saturated rings. The Balaban J connectivity index is 1.78. The molecule has 1 heterocycles. The molecule has 0 amide bonds. The van der Waals surface area contributed by atoms with Crippen molar-refractivity contribution in [3.05, 3.63) is 77.0 Å². The topological polar surface area (TPSA) is 34.9 Å². The fraction of sp³-hybridized carbons (Fsp3) is 0.385. The molecule has 3 nitrogen and oxygen atoms in total. The van der Waals surface area contributed by atoms with Gasteiger partial charge in [-0.05, 0) is 44.0 Å². The third-order valence-corrected chi connectivity index (χ3v) is 5.54. The van der Waals surface area contributed by atoms with Gasteiger partial charge >= 0.3 is 6.18 Å². The molecule has 2 aromatic carbocycles. The Morgan fingerprint density at radius 3 is 2.41 bits per heavy atom. The second-order valence-corrected chi connectivity index (χ2v) is 8.17. The van der Waals surface area contributed by atoms with E-state index in [4.69, 9.17) is 0 Å². The number of benzene rings is 2. The summed E-state index contributed by atoms with van der Waals surface area (Å²) in [5.74, 6) is 0.0727. The third-order valence-electron chi connectivity index (χ3n) is 5.54. The quantitative estimate of drug-likeness (QED) is 0.244. The van der Waals surface area contributed by atoms with E-state index in [-0.39, 0.29) is 5.78 Å². The number of aromatic nitrogens is 2. The Kier molecular flexibility index (Phi) is 7.89. The summed E-state index contributed by atoms with van der Waals surface area (Å²) >= 11 is 0. The number of hydrogen-bond acceptors (Lipinski definition) is 2. The molecule has 0 bridgehead atoms. The minimum Gasteiger partial charge on any atom is -0.294 e. The van der Waals surface area contributed by atoms with Crippen molar-refractivity contribution in [1.29, 1.82) is 0 Å². The molecule has 0 spiro atoms. The first-order chi connectivity index (χ1) is 15.3. The normalized spacial score (nSPS) is 11.7. The zero-order valence-corrected chi connectivity index (χ0v) is 18.6. The van der Waals surface area contributed by atoms with Crippen LogP contribution in [0.2, 0.25) is 0 Å². The first-order valence-corrected chi connectivity index (χ1v) is 11.1. The lowest BCUT2D eigenvalue weighted by Gasteiger charge is -2.08. The second-order valence-electron chi connectivity index (χ2n) is 8.17. The van der Waals surface area contributed by atoms with Crippen LogP contribution in [0.5, 0.6) is 0 Å². The molecule has 3 aromatic rings. The van der Waals surface area contributed by atoms with Crippen LogP contribution < -0.4 is 0 Å². The number of nitrogens with zero attached hydrogens (tertiary/aromatic N) is 2. The van der Waals surface area contributed by atoms with Crippen molar-refractivity contribution in [2.75, 3.05) is 0 Å². The molecule has 32 heavy (non-hydrogen) atoms. The predicted octanol–water partition coefficient (Wildman–Crippen LogP) is 7.27. The maximum atomic E-state index is 12.9. The molecule has 0 unspecified atom stereocenters. The van der Waals surface area contributed by atoms with E-state index in [0.29, 0.717) is 29.7 Å². The average molecular weight is 443 g/mol. The van der Waals surface area contributed by atoms with Gasteiger partial charge in [0.05, 0.1) is 11.3 Å². The van der Waals surface area contributed by atoms with E-state index >= 15 is 0 Å². The zero-order valence-electron chi connectivity index (χ0n) is 18.6. The Labute approximate surface area is 187 Å². The summed E-state index contributed by atoms with van der Waals surface area (Å²) in [7, 11) is 0. The van der Waals surface area contributed by atoms with Gasteiger partial charge in [-0.15, -0.1) is 0 Å². The Hall–Kier alpha value is -2.89. The molecular weight excluding hydrogens is 413 g/mol. The van der Waals surface area contributed by atoms with Crippen molar-refractivity contribution in [3.8, 4) is 11.3 Å². The van der Waals surface area contributed by atoms with E-state index in [1.165, 1.54) is 12.1 Å². The smallest absolute Gasteiger partial charge is 0.294 e. The highest BCUT2D eigenvalue weighted by Gasteiger charge is 2.30. The summed E-state index contributed by atoms with van der Waals surface area (Å²) in [5, 5.41) is 4.66. The number of carbonyl (C=O) groups excluding carboxylic acids is 1. The van der Waals surface area contributed by atoms with E-state index in [1.54, 1.807) is 0 Å². The van der Waals surface area contributed by atoms with Gasteiger partial charge in [-0.25, -0.2) is 0 Å². The van der Waals surface area contributed by atoms with E-state index in [9.17, 15) is 18.0 Å². The van der Waals surface area contributed by atoms with E-state index < -0.39 is 11.7 Å². The number of alkyl halides is 3. The molecule has 0 aliphatic rings. The standard InChI is InChI=1S/C26H29F3N2O/c1-3-4-5-6-16-31-23(14-15-25(32)21-9-7-8-19(2)17-21)18-24(30-31)20-10-12-22(13-11-20)26(27,28)29/h7-13,17-18H,3-6,14-16H2,1-2H3. The van der Waals surface area contributed by atoms with Crippen molar-refractivity contribution < 1.29 is 18.0 Å².